The van der Waals surface area contributed by atoms with E-state index in [9.17, 15) is 0 Å². The minimum absolute atomic E-state index is 0.817. The molecule has 1 saturated heterocycles. The summed E-state index contributed by atoms with van der Waals surface area (Å²) < 4.78 is 0. The first-order valence-electron chi connectivity index (χ1n) is 9.53. The molecule has 5 heteroatoms. The van der Waals surface area contributed by atoms with Crippen molar-refractivity contribution in [3.05, 3.63) is 35.4 Å². The summed E-state index contributed by atoms with van der Waals surface area (Å²) in [6.45, 7) is 9.81. The van der Waals surface area contributed by atoms with E-state index in [1.165, 1.54) is 50.1 Å². The number of unbranched alkanes of at least 4 members (excludes halogenated alkanes) is 1. The van der Waals surface area contributed by atoms with Crippen LogP contribution in [0.2, 0.25) is 0 Å². The van der Waals surface area contributed by atoms with Crippen LogP contribution in [0, 0.1) is 0 Å². The van der Waals surface area contributed by atoms with Crippen LogP contribution in [0.4, 0.5) is 0 Å². The van der Waals surface area contributed by atoms with Crippen molar-refractivity contribution in [3.8, 4) is 0 Å². The Kier molecular flexibility index (Phi) is 8.22. The Balaban J connectivity index is 1.79. The number of guanidine groups is 1. The van der Waals surface area contributed by atoms with Crippen molar-refractivity contribution in [2.75, 3.05) is 53.9 Å². The number of rotatable bonds is 7. The topological polar surface area (TPSA) is 34.1 Å². The third-order valence-electron chi connectivity index (χ3n) is 4.90. The quantitative estimate of drug-likeness (QED) is 0.607. The second kappa shape index (κ2) is 10.4. The van der Waals surface area contributed by atoms with E-state index in [0.29, 0.717) is 0 Å². The van der Waals surface area contributed by atoms with Gasteiger partial charge in [-0.3, -0.25) is 9.89 Å². The first kappa shape index (κ1) is 19.7. The molecule has 0 radical (unpaired) electrons. The molecule has 2 rings (SSSR count). The van der Waals surface area contributed by atoms with Crippen LogP contribution >= 0.6 is 0 Å². The molecule has 0 saturated carbocycles. The molecule has 0 amide bonds. The maximum Gasteiger partial charge on any atom is 0.193 e. The van der Waals surface area contributed by atoms with Gasteiger partial charge in [0.1, 0.15) is 0 Å². The number of nitrogens with zero attached hydrogens (tertiary/aromatic N) is 4. The van der Waals surface area contributed by atoms with Gasteiger partial charge in [-0.2, -0.15) is 0 Å². The number of benzene rings is 1. The predicted octanol–water partition coefficient (Wildman–Crippen LogP) is 2.24. The third-order valence-corrected chi connectivity index (χ3v) is 4.90. The van der Waals surface area contributed by atoms with Crippen LogP contribution in [-0.2, 0) is 13.1 Å². The summed E-state index contributed by atoms with van der Waals surface area (Å²) in [5.74, 6) is 0.968. The molecule has 1 aliphatic heterocycles. The summed E-state index contributed by atoms with van der Waals surface area (Å²) in [5, 5.41) is 3.46. The summed E-state index contributed by atoms with van der Waals surface area (Å²) in [6, 6.07) is 8.99. The standard InChI is InChI=1S/C20H35N5/c1-5-6-11-24(4)20(21-2)22-16-18-7-9-19(10-8-18)17-25-14-12-23(3)13-15-25/h7-10H,5-6,11-17H2,1-4H3,(H,21,22). The van der Waals surface area contributed by atoms with Crippen LogP contribution in [0.25, 0.3) is 0 Å². The molecule has 1 aromatic carbocycles. The van der Waals surface area contributed by atoms with Crippen molar-refractivity contribution in [1.82, 2.24) is 20.0 Å². The second-order valence-electron chi connectivity index (χ2n) is 7.07. The molecule has 1 N–H and O–H groups in total. The molecule has 0 aliphatic carbocycles. The fourth-order valence-corrected chi connectivity index (χ4v) is 3.09. The van der Waals surface area contributed by atoms with Gasteiger partial charge in [0.15, 0.2) is 5.96 Å². The van der Waals surface area contributed by atoms with Gasteiger partial charge in [0.05, 0.1) is 0 Å². The van der Waals surface area contributed by atoms with Gasteiger partial charge in [-0.1, -0.05) is 37.6 Å². The summed E-state index contributed by atoms with van der Waals surface area (Å²) in [4.78, 5) is 11.5. The molecular formula is C20H35N5. The summed E-state index contributed by atoms with van der Waals surface area (Å²) in [6.07, 6.45) is 2.40. The van der Waals surface area contributed by atoms with E-state index in [1.54, 1.807) is 0 Å². The fourth-order valence-electron chi connectivity index (χ4n) is 3.09. The molecular weight excluding hydrogens is 310 g/mol. The van der Waals surface area contributed by atoms with Crippen molar-refractivity contribution in [2.45, 2.75) is 32.9 Å². The number of likely N-dealkylation sites (N-methyl/N-ethyl adjacent to an activating group) is 1. The van der Waals surface area contributed by atoms with Crippen molar-refractivity contribution < 1.29 is 0 Å². The number of hydrogen-bond donors (Lipinski definition) is 1. The number of piperazine rings is 1. The SMILES string of the molecule is CCCCN(C)C(=NC)NCc1ccc(CN2CCN(C)CC2)cc1. The maximum atomic E-state index is 4.38. The van der Waals surface area contributed by atoms with E-state index in [4.69, 9.17) is 0 Å². The molecule has 0 bridgehead atoms. The van der Waals surface area contributed by atoms with Gasteiger partial charge in [0.2, 0.25) is 0 Å². The van der Waals surface area contributed by atoms with Crippen LogP contribution < -0.4 is 5.32 Å². The maximum absolute atomic E-state index is 4.38. The molecule has 140 valence electrons. The average Bonchev–Trinajstić information content (AvgIpc) is 2.63. The minimum atomic E-state index is 0.817. The summed E-state index contributed by atoms with van der Waals surface area (Å²) in [5.41, 5.74) is 2.70. The van der Waals surface area contributed by atoms with Crippen LogP contribution in [-0.4, -0.2) is 74.5 Å². The Morgan fingerprint density at radius 3 is 2.36 bits per heavy atom. The van der Waals surface area contributed by atoms with Crippen molar-refractivity contribution in [2.24, 2.45) is 4.99 Å². The van der Waals surface area contributed by atoms with Crippen LogP contribution in [0.15, 0.2) is 29.3 Å². The smallest absolute Gasteiger partial charge is 0.193 e. The zero-order valence-electron chi connectivity index (χ0n) is 16.5. The zero-order valence-corrected chi connectivity index (χ0v) is 16.5. The number of nitrogens with one attached hydrogen (secondary N) is 1. The van der Waals surface area contributed by atoms with Gasteiger partial charge in [-0.05, 0) is 24.6 Å². The van der Waals surface area contributed by atoms with Gasteiger partial charge < -0.3 is 15.1 Å². The monoisotopic (exact) mass is 345 g/mol. The lowest BCUT2D eigenvalue weighted by Crippen LogP contribution is -2.43. The van der Waals surface area contributed by atoms with Crippen molar-refractivity contribution in [1.29, 1.82) is 0 Å². The van der Waals surface area contributed by atoms with Crippen LogP contribution in [0.3, 0.4) is 0 Å². The fraction of sp³-hybridized carbons (Fsp3) is 0.650. The molecule has 1 aliphatic rings. The van der Waals surface area contributed by atoms with Gasteiger partial charge in [-0.15, -0.1) is 0 Å². The molecule has 0 aromatic heterocycles. The van der Waals surface area contributed by atoms with Gasteiger partial charge in [-0.25, -0.2) is 0 Å². The molecule has 1 aromatic rings. The highest BCUT2D eigenvalue weighted by atomic mass is 15.3. The highest BCUT2D eigenvalue weighted by Gasteiger charge is 2.13. The Labute approximate surface area is 153 Å². The first-order chi connectivity index (χ1) is 12.1. The Bertz CT molecular complexity index is 517. The second-order valence-corrected chi connectivity index (χ2v) is 7.07. The molecule has 0 spiro atoms. The average molecular weight is 346 g/mol. The van der Waals surface area contributed by atoms with Crippen LogP contribution in [0.1, 0.15) is 30.9 Å². The molecule has 5 nitrogen and oxygen atoms in total. The van der Waals surface area contributed by atoms with E-state index < -0.39 is 0 Å². The normalized spacial score (nSPS) is 16.9. The van der Waals surface area contributed by atoms with E-state index in [-0.39, 0.29) is 0 Å². The van der Waals surface area contributed by atoms with Gasteiger partial charge in [0.25, 0.3) is 0 Å². The zero-order chi connectivity index (χ0) is 18.1. The molecule has 0 atom stereocenters. The van der Waals surface area contributed by atoms with Gasteiger partial charge >= 0.3 is 0 Å². The Morgan fingerprint density at radius 1 is 1.12 bits per heavy atom. The van der Waals surface area contributed by atoms with E-state index in [2.05, 4.69) is 70.3 Å². The predicted molar refractivity (Wildman–Crippen MR) is 107 cm³/mol. The highest BCUT2D eigenvalue weighted by molar-refractivity contribution is 5.79. The first-order valence-corrected chi connectivity index (χ1v) is 9.53. The third kappa shape index (κ3) is 6.67. The lowest BCUT2D eigenvalue weighted by molar-refractivity contribution is 0.148. The Hall–Kier alpha value is -1.59. The molecule has 25 heavy (non-hydrogen) atoms. The van der Waals surface area contributed by atoms with Crippen molar-refractivity contribution >= 4 is 5.96 Å². The lowest BCUT2D eigenvalue weighted by Gasteiger charge is -2.32. The van der Waals surface area contributed by atoms with E-state index in [0.717, 1.165) is 25.6 Å². The Morgan fingerprint density at radius 2 is 1.76 bits per heavy atom. The number of hydrogen-bond acceptors (Lipinski definition) is 3. The minimum Gasteiger partial charge on any atom is -0.352 e. The molecule has 1 fully saturated rings. The summed E-state index contributed by atoms with van der Waals surface area (Å²) in [7, 11) is 6.15. The van der Waals surface area contributed by atoms with E-state index >= 15 is 0 Å². The van der Waals surface area contributed by atoms with Crippen LogP contribution in [0.5, 0.6) is 0 Å². The van der Waals surface area contributed by atoms with E-state index in [1.807, 2.05) is 7.05 Å². The highest BCUT2D eigenvalue weighted by Crippen LogP contribution is 2.10. The molecule has 1 heterocycles. The van der Waals surface area contributed by atoms with Crippen molar-refractivity contribution in [3.63, 3.8) is 0 Å². The summed E-state index contributed by atoms with van der Waals surface area (Å²) >= 11 is 0. The lowest BCUT2D eigenvalue weighted by atomic mass is 10.1. The molecule has 0 unspecified atom stereocenters. The number of aliphatic imine (C=N–C) groups is 1. The van der Waals surface area contributed by atoms with Gasteiger partial charge in [0, 0.05) is 59.9 Å². The largest absolute Gasteiger partial charge is 0.352 e.